The molecule has 0 aliphatic heterocycles. The minimum absolute atomic E-state index is 0.192. The molecule has 0 aliphatic rings. The lowest BCUT2D eigenvalue weighted by Gasteiger charge is -2.10. The van der Waals surface area contributed by atoms with Crippen molar-refractivity contribution < 1.29 is 8.42 Å². The molecule has 0 radical (unpaired) electrons. The number of sulfonamides is 1. The molecule has 0 saturated carbocycles. The van der Waals surface area contributed by atoms with Gasteiger partial charge >= 0.3 is 0 Å². The van der Waals surface area contributed by atoms with E-state index >= 15 is 0 Å². The van der Waals surface area contributed by atoms with Crippen molar-refractivity contribution in [3.05, 3.63) is 69.5 Å². The first-order valence-electron chi connectivity index (χ1n) is 6.78. The van der Waals surface area contributed by atoms with Gasteiger partial charge in [-0.25, -0.2) is 13.1 Å². The number of pyridine rings is 1. The molecule has 7 heteroatoms. The van der Waals surface area contributed by atoms with Gasteiger partial charge in [-0.15, -0.1) is 0 Å². The number of aromatic nitrogens is 1. The highest BCUT2D eigenvalue weighted by molar-refractivity contribution is 9.10. The summed E-state index contributed by atoms with van der Waals surface area (Å²) >= 11 is 4.88. The summed E-state index contributed by atoms with van der Waals surface area (Å²) in [5.41, 5.74) is 2.63. The zero-order chi connectivity index (χ0) is 16.3. The first-order valence-corrected chi connectivity index (χ1v) is 10.00. The maximum atomic E-state index is 12.4. The van der Waals surface area contributed by atoms with Gasteiger partial charge in [-0.2, -0.15) is 11.3 Å². The number of thiophene rings is 1. The molecule has 1 aromatic carbocycles. The Kier molecular flexibility index (Phi) is 4.91. The molecule has 3 aromatic rings. The summed E-state index contributed by atoms with van der Waals surface area (Å²) in [7, 11) is -3.56. The van der Waals surface area contributed by atoms with E-state index in [1.54, 1.807) is 47.9 Å². The Hall–Kier alpha value is -1.54. The van der Waals surface area contributed by atoms with Gasteiger partial charge in [-0.3, -0.25) is 4.98 Å². The number of benzene rings is 1. The van der Waals surface area contributed by atoms with Gasteiger partial charge in [0.05, 0.1) is 10.6 Å². The molecular weight excluding hydrogens is 396 g/mol. The maximum absolute atomic E-state index is 12.4. The highest BCUT2D eigenvalue weighted by atomic mass is 79.9. The number of rotatable bonds is 5. The van der Waals surface area contributed by atoms with Crippen LogP contribution in [0.1, 0.15) is 5.56 Å². The number of nitrogens with one attached hydrogen (secondary N) is 1. The largest absolute Gasteiger partial charge is 0.256 e. The molecule has 0 saturated heterocycles. The summed E-state index contributed by atoms with van der Waals surface area (Å²) in [4.78, 5) is 4.61. The van der Waals surface area contributed by atoms with E-state index in [-0.39, 0.29) is 11.4 Å². The van der Waals surface area contributed by atoms with Crippen molar-refractivity contribution in [3.63, 3.8) is 0 Å². The van der Waals surface area contributed by atoms with Crippen LogP contribution in [0.5, 0.6) is 0 Å². The molecule has 2 aromatic heterocycles. The van der Waals surface area contributed by atoms with E-state index in [4.69, 9.17) is 0 Å². The SMILES string of the molecule is O=S(=O)(NCc1cccnc1-c1ccsc1)c1ccc(Br)cc1. The molecule has 0 atom stereocenters. The van der Waals surface area contributed by atoms with E-state index in [0.717, 1.165) is 21.3 Å². The second kappa shape index (κ2) is 6.92. The third-order valence-corrected chi connectivity index (χ3v) is 5.89. The first kappa shape index (κ1) is 16.3. The van der Waals surface area contributed by atoms with Gasteiger partial charge in [-0.05, 0) is 47.3 Å². The van der Waals surface area contributed by atoms with Crippen LogP contribution >= 0.6 is 27.3 Å². The van der Waals surface area contributed by atoms with Crippen molar-refractivity contribution in [2.45, 2.75) is 11.4 Å². The Morgan fingerprint density at radius 2 is 1.91 bits per heavy atom. The van der Waals surface area contributed by atoms with Gasteiger partial charge in [0.15, 0.2) is 0 Å². The smallest absolute Gasteiger partial charge is 0.240 e. The van der Waals surface area contributed by atoms with Crippen LogP contribution < -0.4 is 4.72 Å². The van der Waals surface area contributed by atoms with Crippen LogP contribution in [0.4, 0.5) is 0 Å². The third kappa shape index (κ3) is 3.87. The van der Waals surface area contributed by atoms with E-state index in [9.17, 15) is 8.42 Å². The molecule has 0 bridgehead atoms. The molecule has 4 nitrogen and oxygen atoms in total. The molecule has 0 unspecified atom stereocenters. The molecule has 2 heterocycles. The van der Waals surface area contributed by atoms with Gasteiger partial charge in [0, 0.05) is 28.2 Å². The zero-order valence-electron chi connectivity index (χ0n) is 11.9. The fourth-order valence-electron chi connectivity index (χ4n) is 2.11. The minimum atomic E-state index is -3.56. The van der Waals surface area contributed by atoms with E-state index < -0.39 is 10.0 Å². The van der Waals surface area contributed by atoms with Crippen LogP contribution in [-0.2, 0) is 16.6 Å². The van der Waals surface area contributed by atoms with Gasteiger partial charge in [-0.1, -0.05) is 22.0 Å². The first-order chi connectivity index (χ1) is 11.1. The molecule has 1 N–H and O–H groups in total. The zero-order valence-corrected chi connectivity index (χ0v) is 15.2. The van der Waals surface area contributed by atoms with Crippen molar-refractivity contribution in [3.8, 4) is 11.3 Å². The second-order valence-electron chi connectivity index (χ2n) is 4.80. The van der Waals surface area contributed by atoms with Gasteiger partial charge in [0.1, 0.15) is 0 Å². The van der Waals surface area contributed by atoms with Gasteiger partial charge in [0.2, 0.25) is 10.0 Å². The van der Waals surface area contributed by atoms with Crippen LogP contribution in [0, 0.1) is 0 Å². The number of hydrogen-bond acceptors (Lipinski definition) is 4. The Bertz CT molecular complexity index is 892. The molecule has 0 fully saturated rings. The van der Waals surface area contributed by atoms with E-state index in [2.05, 4.69) is 25.6 Å². The molecule has 23 heavy (non-hydrogen) atoms. The summed E-state index contributed by atoms with van der Waals surface area (Å²) in [6, 6.07) is 12.2. The van der Waals surface area contributed by atoms with E-state index in [1.165, 1.54) is 0 Å². The molecular formula is C16H13BrN2O2S2. The standard InChI is InChI=1S/C16H13BrN2O2S2/c17-14-3-5-15(6-4-14)23(20,21)19-10-12-2-1-8-18-16(12)13-7-9-22-11-13/h1-9,11,19H,10H2. The number of hydrogen-bond donors (Lipinski definition) is 1. The summed E-state index contributed by atoms with van der Waals surface area (Å²) < 4.78 is 28.2. The molecule has 0 aliphatic carbocycles. The molecule has 3 rings (SSSR count). The van der Waals surface area contributed by atoms with Crippen molar-refractivity contribution in [2.75, 3.05) is 0 Å². The lowest BCUT2D eigenvalue weighted by atomic mass is 10.1. The Balaban J connectivity index is 1.82. The van der Waals surface area contributed by atoms with Crippen molar-refractivity contribution in [1.29, 1.82) is 0 Å². The normalized spacial score (nSPS) is 11.5. The summed E-state index contributed by atoms with van der Waals surface area (Å²) in [6.45, 7) is 0.192. The van der Waals surface area contributed by atoms with Crippen molar-refractivity contribution in [2.24, 2.45) is 0 Å². The molecule has 0 spiro atoms. The van der Waals surface area contributed by atoms with Crippen LogP contribution in [0.2, 0.25) is 0 Å². The van der Waals surface area contributed by atoms with Crippen molar-refractivity contribution in [1.82, 2.24) is 9.71 Å². The summed E-state index contributed by atoms with van der Waals surface area (Å²) in [5.74, 6) is 0. The van der Waals surface area contributed by atoms with Crippen LogP contribution in [0.15, 0.2) is 68.8 Å². The van der Waals surface area contributed by atoms with Crippen LogP contribution in [0.25, 0.3) is 11.3 Å². The Morgan fingerprint density at radius 1 is 1.13 bits per heavy atom. The monoisotopic (exact) mass is 408 g/mol. The summed E-state index contributed by atoms with van der Waals surface area (Å²) in [5, 5.41) is 3.97. The Morgan fingerprint density at radius 3 is 2.61 bits per heavy atom. The highest BCUT2D eigenvalue weighted by Crippen LogP contribution is 2.24. The summed E-state index contributed by atoms with van der Waals surface area (Å²) in [6.07, 6.45) is 1.71. The quantitative estimate of drug-likeness (QED) is 0.692. The van der Waals surface area contributed by atoms with E-state index in [1.807, 2.05) is 22.9 Å². The average molecular weight is 409 g/mol. The number of halogens is 1. The number of nitrogens with zero attached hydrogens (tertiary/aromatic N) is 1. The fourth-order valence-corrected chi connectivity index (χ4v) is 4.02. The maximum Gasteiger partial charge on any atom is 0.240 e. The highest BCUT2D eigenvalue weighted by Gasteiger charge is 2.15. The van der Waals surface area contributed by atoms with Crippen molar-refractivity contribution >= 4 is 37.3 Å². The minimum Gasteiger partial charge on any atom is -0.256 e. The van der Waals surface area contributed by atoms with E-state index in [0.29, 0.717) is 0 Å². The lowest BCUT2D eigenvalue weighted by Crippen LogP contribution is -2.23. The average Bonchev–Trinajstić information content (AvgIpc) is 3.08. The molecule has 0 amide bonds. The predicted octanol–water partition coefficient (Wildman–Crippen LogP) is 4.05. The predicted molar refractivity (Wildman–Crippen MR) is 95.7 cm³/mol. The van der Waals surface area contributed by atoms with Gasteiger partial charge in [0.25, 0.3) is 0 Å². The van der Waals surface area contributed by atoms with Gasteiger partial charge < -0.3 is 0 Å². The molecule has 118 valence electrons. The third-order valence-electron chi connectivity index (χ3n) is 3.26. The Labute approximate surface area is 147 Å². The second-order valence-corrected chi connectivity index (χ2v) is 8.26. The van der Waals surface area contributed by atoms with Crippen LogP contribution in [0.3, 0.4) is 0 Å². The topological polar surface area (TPSA) is 59.1 Å². The lowest BCUT2D eigenvalue weighted by molar-refractivity contribution is 0.581. The van der Waals surface area contributed by atoms with Crippen LogP contribution in [-0.4, -0.2) is 13.4 Å². The fraction of sp³-hybridized carbons (Fsp3) is 0.0625.